The molecule has 2 fully saturated rings. The Balaban J connectivity index is 1.83. The largest absolute Gasteiger partial charge is 0.395 e. The van der Waals surface area contributed by atoms with Crippen LogP contribution in [0.15, 0.2) is 0 Å². The van der Waals surface area contributed by atoms with E-state index in [0.717, 1.165) is 6.54 Å². The number of hydrogen-bond acceptors (Lipinski definition) is 2. The van der Waals surface area contributed by atoms with Gasteiger partial charge in [0.15, 0.2) is 0 Å². The van der Waals surface area contributed by atoms with Gasteiger partial charge in [0.05, 0.1) is 6.61 Å². The van der Waals surface area contributed by atoms with E-state index in [1.54, 1.807) is 0 Å². The van der Waals surface area contributed by atoms with Gasteiger partial charge in [0.1, 0.15) is 0 Å². The Bertz CT molecular complexity index is 140. The zero-order chi connectivity index (χ0) is 7.73. The molecule has 1 aliphatic carbocycles. The molecule has 0 atom stereocenters. The molecule has 2 heteroatoms. The van der Waals surface area contributed by atoms with E-state index in [9.17, 15) is 0 Å². The predicted octanol–water partition coefficient (Wildman–Crippen LogP) is 0.855. The summed E-state index contributed by atoms with van der Waals surface area (Å²) >= 11 is 0. The zero-order valence-corrected chi connectivity index (χ0v) is 7.05. The van der Waals surface area contributed by atoms with Gasteiger partial charge >= 0.3 is 0 Å². The van der Waals surface area contributed by atoms with Gasteiger partial charge in [-0.05, 0) is 37.6 Å². The molecule has 0 aromatic rings. The van der Waals surface area contributed by atoms with Gasteiger partial charge in [0.2, 0.25) is 0 Å². The maximum atomic E-state index is 8.77. The van der Waals surface area contributed by atoms with E-state index >= 15 is 0 Å². The second-order valence-electron chi connectivity index (χ2n) is 4.10. The maximum absolute atomic E-state index is 8.77. The Kier molecular flexibility index (Phi) is 1.90. The lowest BCUT2D eigenvalue weighted by atomic mass is 9.95. The van der Waals surface area contributed by atoms with E-state index in [4.69, 9.17) is 5.11 Å². The van der Waals surface area contributed by atoms with Gasteiger partial charge in [-0.3, -0.25) is 0 Å². The van der Waals surface area contributed by atoms with Gasteiger partial charge in [0, 0.05) is 13.1 Å². The standard InChI is InChI=1S/C9H17NO/c11-7-6-10-5-1-2-9(8-10)3-4-9/h11H,1-8H2. The highest BCUT2D eigenvalue weighted by atomic mass is 16.3. The first kappa shape index (κ1) is 7.56. The third-order valence-corrected chi connectivity index (χ3v) is 3.11. The predicted molar refractivity (Wildman–Crippen MR) is 44.4 cm³/mol. The van der Waals surface area contributed by atoms with Crippen LogP contribution in [0.4, 0.5) is 0 Å². The summed E-state index contributed by atoms with van der Waals surface area (Å²) in [6.07, 6.45) is 5.67. The number of aliphatic hydroxyl groups is 1. The van der Waals surface area contributed by atoms with Gasteiger partial charge in [-0.25, -0.2) is 0 Å². The number of β-amino-alcohol motifs (C(OH)–C–C–N with tert-alkyl or cyclic N) is 1. The van der Waals surface area contributed by atoms with Crippen molar-refractivity contribution < 1.29 is 5.11 Å². The lowest BCUT2D eigenvalue weighted by Gasteiger charge is -2.32. The first-order valence-corrected chi connectivity index (χ1v) is 4.68. The molecular weight excluding hydrogens is 138 g/mol. The molecule has 1 spiro atoms. The molecule has 0 aromatic carbocycles. The normalized spacial score (nSPS) is 29.2. The molecule has 0 aromatic heterocycles. The average molecular weight is 155 g/mol. The highest BCUT2D eigenvalue weighted by molar-refractivity contribution is 4.97. The summed E-state index contributed by atoms with van der Waals surface area (Å²) in [5.41, 5.74) is 0.716. The van der Waals surface area contributed by atoms with Gasteiger partial charge in [-0.1, -0.05) is 0 Å². The molecule has 64 valence electrons. The van der Waals surface area contributed by atoms with Crippen LogP contribution in [0, 0.1) is 5.41 Å². The highest BCUT2D eigenvalue weighted by Crippen LogP contribution is 2.51. The van der Waals surface area contributed by atoms with E-state index < -0.39 is 0 Å². The van der Waals surface area contributed by atoms with Crippen molar-refractivity contribution in [2.45, 2.75) is 25.7 Å². The molecule has 0 bridgehead atoms. The van der Waals surface area contributed by atoms with Crippen LogP contribution < -0.4 is 0 Å². The fourth-order valence-corrected chi connectivity index (χ4v) is 2.23. The van der Waals surface area contributed by atoms with E-state index in [-0.39, 0.29) is 0 Å². The van der Waals surface area contributed by atoms with E-state index in [1.165, 1.54) is 38.8 Å². The van der Waals surface area contributed by atoms with E-state index in [2.05, 4.69) is 4.90 Å². The average Bonchev–Trinajstić information content (AvgIpc) is 2.70. The molecule has 2 rings (SSSR count). The van der Waals surface area contributed by atoms with Crippen molar-refractivity contribution in [3.63, 3.8) is 0 Å². The number of rotatable bonds is 2. The lowest BCUT2D eigenvalue weighted by molar-refractivity contribution is 0.130. The fourth-order valence-electron chi connectivity index (χ4n) is 2.23. The summed E-state index contributed by atoms with van der Waals surface area (Å²) < 4.78 is 0. The SMILES string of the molecule is OCCN1CCCC2(CC2)C1. The molecular formula is C9H17NO. The third-order valence-electron chi connectivity index (χ3n) is 3.11. The van der Waals surface area contributed by atoms with Crippen LogP contribution in [0.5, 0.6) is 0 Å². The number of nitrogens with zero attached hydrogens (tertiary/aromatic N) is 1. The smallest absolute Gasteiger partial charge is 0.0558 e. The molecule has 1 N–H and O–H groups in total. The van der Waals surface area contributed by atoms with Gasteiger partial charge < -0.3 is 10.0 Å². The number of piperidine rings is 1. The van der Waals surface area contributed by atoms with Crippen molar-refractivity contribution in [2.75, 3.05) is 26.2 Å². The van der Waals surface area contributed by atoms with Crippen molar-refractivity contribution in [3.8, 4) is 0 Å². The summed E-state index contributed by atoms with van der Waals surface area (Å²) in [6, 6.07) is 0. The Morgan fingerprint density at radius 2 is 2.09 bits per heavy atom. The minimum Gasteiger partial charge on any atom is -0.395 e. The van der Waals surface area contributed by atoms with Crippen molar-refractivity contribution in [3.05, 3.63) is 0 Å². The minimum atomic E-state index is 0.329. The molecule has 0 unspecified atom stereocenters. The number of likely N-dealkylation sites (tertiary alicyclic amines) is 1. The summed E-state index contributed by atoms with van der Waals surface area (Å²) in [5, 5.41) is 8.77. The van der Waals surface area contributed by atoms with Crippen molar-refractivity contribution in [1.82, 2.24) is 4.90 Å². The summed E-state index contributed by atoms with van der Waals surface area (Å²) in [7, 11) is 0. The van der Waals surface area contributed by atoms with Gasteiger partial charge in [-0.15, -0.1) is 0 Å². The van der Waals surface area contributed by atoms with Crippen LogP contribution in [-0.4, -0.2) is 36.2 Å². The second-order valence-corrected chi connectivity index (χ2v) is 4.10. The molecule has 1 aliphatic heterocycles. The summed E-state index contributed by atoms with van der Waals surface area (Å²) in [5.74, 6) is 0. The maximum Gasteiger partial charge on any atom is 0.0558 e. The van der Waals surface area contributed by atoms with Crippen LogP contribution in [-0.2, 0) is 0 Å². The van der Waals surface area contributed by atoms with Crippen LogP contribution in [0.1, 0.15) is 25.7 Å². The van der Waals surface area contributed by atoms with Gasteiger partial charge in [-0.2, -0.15) is 0 Å². The third kappa shape index (κ3) is 1.57. The Hall–Kier alpha value is -0.0800. The Morgan fingerprint density at radius 1 is 1.27 bits per heavy atom. The van der Waals surface area contributed by atoms with Crippen LogP contribution >= 0.6 is 0 Å². The van der Waals surface area contributed by atoms with Crippen molar-refractivity contribution in [1.29, 1.82) is 0 Å². The second kappa shape index (κ2) is 2.76. The zero-order valence-electron chi connectivity index (χ0n) is 7.05. The van der Waals surface area contributed by atoms with Crippen molar-refractivity contribution >= 4 is 0 Å². The molecule has 2 aliphatic rings. The number of hydrogen-bond donors (Lipinski definition) is 1. The molecule has 1 saturated heterocycles. The quantitative estimate of drug-likeness (QED) is 0.639. The van der Waals surface area contributed by atoms with Crippen LogP contribution in [0.2, 0.25) is 0 Å². The lowest BCUT2D eigenvalue weighted by Crippen LogP contribution is -2.38. The Morgan fingerprint density at radius 3 is 2.73 bits per heavy atom. The fraction of sp³-hybridized carbons (Fsp3) is 1.00. The first-order chi connectivity index (χ1) is 5.35. The summed E-state index contributed by atoms with van der Waals surface area (Å²) in [6.45, 7) is 3.69. The molecule has 1 saturated carbocycles. The molecule has 0 radical (unpaired) electrons. The topological polar surface area (TPSA) is 23.5 Å². The number of aliphatic hydroxyl groups excluding tert-OH is 1. The van der Waals surface area contributed by atoms with Gasteiger partial charge in [0.25, 0.3) is 0 Å². The van der Waals surface area contributed by atoms with Crippen LogP contribution in [0.3, 0.4) is 0 Å². The van der Waals surface area contributed by atoms with E-state index in [0.29, 0.717) is 12.0 Å². The minimum absolute atomic E-state index is 0.329. The van der Waals surface area contributed by atoms with Crippen LogP contribution in [0.25, 0.3) is 0 Å². The Labute approximate surface area is 68.2 Å². The molecule has 0 amide bonds. The molecule has 11 heavy (non-hydrogen) atoms. The van der Waals surface area contributed by atoms with Crippen molar-refractivity contribution in [2.24, 2.45) is 5.41 Å². The molecule has 2 nitrogen and oxygen atoms in total. The first-order valence-electron chi connectivity index (χ1n) is 4.68. The summed E-state index contributed by atoms with van der Waals surface area (Å²) in [4.78, 5) is 2.41. The highest BCUT2D eigenvalue weighted by Gasteiger charge is 2.44. The van der Waals surface area contributed by atoms with E-state index in [1.807, 2.05) is 0 Å². The molecule has 1 heterocycles. The monoisotopic (exact) mass is 155 g/mol.